The Morgan fingerprint density at radius 3 is 1.92 bits per heavy atom. The molecule has 4 rings (SSSR count). The zero-order valence-corrected chi connectivity index (χ0v) is 14.0. The molecule has 2 atom stereocenters. The van der Waals surface area contributed by atoms with Crippen molar-refractivity contribution < 1.29 is 0 Å². The third-order valence-electron chi connectivity index (χ3n) is 4.62. The first-order chi connectivity index (χ1) is 12.4. The normalized spacial score (nSPS) is 19.5. The molecule has 1 aliphatic rings. The van der Waals surface area contributed by atoms with E-state index in [4.69, 9.17) is 5.10 Å². The van der Waals surface area contributed by atoms with E-state index in [-0.39, 0.29) is 12.0 Å². The van der Waals surface area contributed by atoms with Gasteiger partial charge >= 0.3 is 0 Å². The van der Waals surface area contributed by atoms with Gasteiger partial charge in [0, 0.05) is 0 Å². The third kappa shape index (κ3) is 2.87. The lowest BCUT2D eigenvalue weighted by atomic mass is 9.85. The summed E-state index contributed by atoms with van der Waals surface area (Å²) in [5.74, 6) is 0.154. The van der Waals surface area contributed by atoms with Gasteiger partial charge in [-0.3, -0.25) is 5.01 Å². The zero-order valence-electron chi connectivity index (χ0n) is 14.0. The van der Waals surface area contributed by atoms with Crippen molar-refractivity contribution in [2.24, 2.45) is 5.10 Å². The van der Waals surface area contributed by atoms with Crippen LogP contribution in [0.25, 0.3) is 0 Å². The molecule has 0 fully saturated rings. The molecule has 0 spiro atoms. The summed E-state index contributed by atoms with van der Waals surface area (Å²) < 4.78 is 0. The number of hydrazone groups is 1. The molecule has 3 aromatic rings. The molecule has 0 saturated carbocycles. The van der Waals surface area contributed by atoms with E-state index in [1.807, 2.05) is 30.3 Å². The summed E-state index contributed by atoms with van der Waals surface area (Å²) in [6.45, 7) is 4.11. The Morgan fingerprint density at radius 1 is 0.760 bits per heavy atom. The van der Waals surface area contributed by atoms with Gasteiger partial charge in [-0.15, -0.1) is 6.58 Å². The summed E-state index contributed by atoms with van der Waals surface area (Å²) in [6.07, 6.45) is 2.00. The molecule has 2 nitrogen and oxygen atoms in total. The highest BCUT2D eigenvalue weighted by Gasteiger charge is 2.37. The van der Waals surface area contributed by atoms with E-state index < -0.39 is 0 Å². The van der Waals surface area contributed by atoms with E-state index in [0.29, 0.717) is 0 Å². The summed E-state index contributed by atoms with van der Waals surface area (Å²) in [5, 5.41) is 7.11. The predicted octanol–water partition coefficient (Wildman–Crippen LogP) is 5.25. The number of para-hydroxylation sites is 1. The van der Waals surface area contributed by atoms with Crippen LogP contribution in [0.4, 0.5) is 5.69 Å². The Bertz CT molecular complexity index is 870. The Morgan fingerprint density at radius 2 is 1.32 bits per heavy atom. The molecule has 0 aromatic heterocycles. The fraction of sp³-hybridized carbons (Fsp3) is 0.0870. The minimum Gasteiger partial charge on any atom is -0.257 e. The van der Waals surface area contributed by atoms with Gasteiger partial charge in [-0.2, -0.15) is 5.10 Å². The SMILES string of the molecule is C=C[C@@H]1[C@@H](c2ccccc2)C(c2ccccc2)=NN1c1ccccc1. The van der Waals surface area contributed by atoms with Crippen molar-refractivity contribution in [2.45, 2.75) is 12.0 Å². The van der Waals surface area contributed by atoms with Crippen LogP contribution in [-0.4, -0.2) is 11.8 Å². The number of hydrogen-bond acceptors (Lipinski definition) is 2. The quantitative estimate of drug-likeness (QED) is 0.599. The lowest BCUT2D eigenvalue weighted by molar-refractivity contribution is 0.723. The minimum atomic E-state index is 0.0833. The van der Waals surface area contributed by atoms with E-state index in [2.05, 4.69) is 78.3 Å². The second-order valence-electron chi connectivity index (χ2n) is 6.15. The molecule has 0 N–H and O–H groups in total. The standard InChI is InChI=1S/C23H20N2/c1-2-21-22(18-12-6-3-7-13-18)23(19-14-8-4-9-15-19)24-25(21)20-16-10-5-11-17-20/h2-17,21-22H,1H2/t21-,22-/m1/s1. The highest BCUT2D eigenvalue weighted by Crippen LogP contribution is 2.37. The maximum Gasteiger partial charge on any atom is 0.0829 e. The van der Waals surface area contributed by atoms with E-state index in [1.54, 1.807) is 0 Å². The van der Waals surface area contributed by atoms with Crippen LogP contribution in [0.15, 0.2) is 109 Å². The maximum atomic E-state index is 5.02. The van der Waals surface area contributed by atoms with E-state index in [9.17, 15) is 0 Å². The number of hydrogen-bond donors (Lipinski definition) is 0. The van der Waals surface area contributed by atoms with Gasteiger partial charge < -0.3 is 0 Å². The number of nitrogens with zero attached hydrogens (tertiary/aromatic N) is 2. The lowest BCUT2D eigenvalue weighted by Gasteiger charge is -2.25. The summed E-state index contributed by atoms with van der Waals surface area (Å²) in [6, 6.07) is 31.4. The van der Waals surface area contributed by atoms with E-state index in [1.165, 1.54) is 5.56 Å². The molecule has 1 aliphatic heterocycles. The first-order valence-corrected chi connectivity index (χ1v) is 8.54. The van der Waals surface area contributed by atoms with Gasteiger partial charge in [0.2, 0.25) is 0 Å². The molecule has 122 valence electrons. The molecule has 0 radical (unpaired) electrons. The molecule has 0 unspecified atom stereocenters. The largest absolute Gasteiger partial charge is 0.257 e. The van der Waals surface area contributed by atoms with Crippen LogP contribution >= 0.6 is 0 Å². The first kappa shape index (κ1) is 15.4. The lowest BCUT2D eigenvalue weighted by Crippen LogP contribution is -2.30. The van der Waals surface area contributed by atoms with Crippen LogP contribution in [0.3, 0.4) is 0 Å². The number of rotatable bonds is 4. The molecular weight excluding hydrogens is 304 g/mol. The van der Waals surface area contributed by atoms with Crippen molar-refractivity contribution in [3.05, 3.63) is 115 Å². The van der Waals surface area contributed by atoms with Crippen molar-refractivity contribution in [3.63, 3.8) is 0 Å². The molecular formula is C23H20N2. The monoisotopic (exact) mass is 324 g/mol. The second kappa shape index (κ2) is 6.78. The van der Waals surface area contributed by atoms with Gasteiger partial charge in [0.15, 0.2) is 0 Å². The van der Waals surface area contributed by atoms with Crippen LogP contribution in [0.1, 0.15) is 17.0 Å². The van der Waals surface area contributed by atoms with Crippen LogP contribution in [-0.2, 0) is 0 Å². The van der Waals surface area contributed by atoms with Crippen LogP contribution in [0.2, 0.25) is 0 Å². The Kier molecular flexibility index (Phi) is 4.17. The Hall–Kier alpha value is -3.13. The molecule has 25 heavy (non-hydrogen) atoms. The minimum absolute atomic E-state index is 0.0833. The van der Waals surface area contributed by atoms with Crippen LogP contribution < -0.4 is 5.01 Å². The summed E-state index contributed by atoms with van der Waals surface area (Å²) in [5.41, 5.74) is 4.58. The van der Waals surface area contributed by atoms with Gasteiger partial charge in [0.25, 0.3) is 0 Å². The number of benzene rings is 3. The van der Waals surface area contributed by atoms with Crippen molar-refractivity contribution in [3.8, 4) is 0 Å². The third-order valence-corrected chi connectivity index (χ3v) is 4.62. The summed E-state index contributed by atoms with van der Waals surface area (Å²) in [4.78, 5) is 0. The van der Waals surface area contributed by atoms with Gasteiger partial charge in [0.05, 0.1) is 23.4 Å². The van der Waals surface area contributed by atoms with Crippen molar-refractivity contribution in [1.82, 2.24) is 0 Å². The van der Waals surface area contributed by atoms with Gasteiger partial charge in [-0.05, 0) is 23.3 Å². The molecule has 3 aromatic carbocycles. The van der Waals surface area contributed by atoms with E-state index in [0.717, 1.165) is 17.0 Å². The first-order valence-electron chi connectivity index (χ1n) is 8.54. The molecule has 0 bridgehead atoms. The highest BCUT2D eigenvalue weighted by atomic mass is 15.5. The molecule has 0 aliphatic carbocycles. The van der Waals surface area contributed by atoms with Crippen molar-refractivity contribution >= 4 is 11.4 Å². The summed E-state index contributed by atoms with van der Waals surface area (Å²) in [7, 11) is 0. The van der Waals surface area contributed by atoms with Gasteiger partial charge in [0.1, 0.15) is 0 Å². The highest BCUT2D eigenvalue weighted by molar-refractivity contribution is 6.08. The number of anilines is 1. The smallest absolute Gasteiger partial charge is 0.0829 e. The average molecular weight is 324 g/mol. The molecule has 0 saturated heterocycles. The van der Waals surface area contributed by atoms with Gasteiger partial charge in [-0.25, -0.2) is 0 Å². The fourth-order valence-electron chi connectivity index (χ4n) is 3.46. The topological polar surface area (TPSA) is 15.6 Å². The Labute approximate surface area is 148 Å². The van der Waals surface area contributed by atoms with E-state index >= 15 is 0 Å². The van der Waals surface area contributed by atoms with Crippen LogP contribution in [0, 0.1) is 0 Å². The maximum absolute atomic E-state index is 5.02. The molecule has 1 heterocycles. The van der Waals surface area contributed by atoms with Gasteiger partial charge in [-0.1, -0.05) is 84.9 Å². The van der Waals surface area contributed by atoms with Crippen molar-refractivity contribution in [1.29, 1.82) is 0 Å². The van der Waals surface area contributed by atoms with Crippen LogP contribution in [0.5, 0.6) is 0 Å². The average Bonchev–Trinajstić information content (AvgIpc) is 3.09. The summed E-state index contributed by atoms with van der Waals surface area (Å²) >= 11 is 0. The predicted molar refractivity (Wildman–Crippen MR) is 105 cm³/mol. The fourth-order valence-corrected chi connectivity index (χ4v) is 3.46. The molecule has 0 amide bonds. The Balaban J connectivity index is 1.86. The van der Waals surface area contributed by atoms with Crippen molar-refractivity contribution in [2.75, 3.05) is 5.01 Å². The zero-order chi connectivity index (χ0) is 17.1. The second-order valence-corrected chi connectivity index (χ2v) is 6.15. The molecule has 2 heteroatoms.